The molecule has 0 unspecified atom stereocenters. The Bertz CT molecular complexity index is 685. The van der Waals surface area contributed by atoms with Crippen LogP contribution in [0, 0.1) is 0 Å². The minimum Gasteiger partial charge on any atom is -0.494 e. The van der Waals surface area contributed by atoms with Crippen LogP contribution in [0.5, 0.6) is 5.75 Å². The van der Waals surface area contributed by atoms with Crippen LogP contribution in [-0.4, -0.2) is 31.9 Å². The molecule has 0 radical (unpaired) electrons. The fourth-order valence-corrected chi connectivity index (χ4v) is 2.19. The summed E-state index contributed by atoms with van der Waals surface area (Å²) in [5.74, 6) is 0.596. The molecule has 1 amide bonds. The van der Waals surface area contributed by atoms with Crippen molar-refractivity contribution in [1.82, 2.24) is 5.32 Å². The summed E-state index contributed by atoms with van der Waals surface area (Å²) in [5, 5.41) is 7.27. The van der Waals surface area contributed by atoms with E-state index in [2.05, 4.69) is 10.5 Å². The zero-order valence-electron chi connectivity index (χ0n) is 14.1. The third-order valence-corrected chi connectivity index (χ3v) is 3.56. The molecule has 0 atom stereocenters. The van der Waals surface area contributed by atoms with E-state index in [0.717, 1.165) is 23.3 Å². The van der Waals surface area contributed by atoms with Crippen molar-refractivity contribution in [2.24, 2.45) is 5.16 Å². The fourth-order valence-electron chi connectivity index (χ4n) is 2.06. The normalized spacial score (nSPS) is 10.6. The van der Waals surface area contributed by atoms with Crippen molar-refractivity contribution in [3.63, 3.8) is 0 Å². The topological polar surface area (TPSA) is 59.9 Å². The molecular weight excluding hydrogens is 340 g/mol. The van der Waals surface area contributed by atoms with Crippen LogP contribution in [0.15, 0.2) is 53.7 Å². The molecular formula is C19H21ClN2O3. The molecule has 2 rings (SSSR count). The van der Waals surface area contributed by atoms with Crippen LogP contribution in [0.3, 0.4) is 0 Å². The van der Waals surface area contributed by atoms with Crippen LogP contribution in [0.4, 0.5) is 0 Å². The quantitative estimate of drug-likeness (QED) is 0.550. The Balaban J connectivity index is 1.63. The molecule has 0 saturated carbocycles. The van der Waals surface area contributed by atoms with Gasteiger partial charge in [0.15, 0.2) is 6.61 Å². The largest absolute Gasteiger partial charge is 0.494 e. The Morgan fingerprint density at radius 3 is 2.56 bits per heavy atom. The summed E-state index contributed by atoms with van der Waals surface area (Å²) in [6.45, 7) is 2.98. The Labute approximate surface area is 152 Å². The van der Waals surface area contributed by atoms with Crippen LogP contribution in [0.1, 0.15) is 18.1 Å². The van der Waals surface area contributed by atoms with Crippen LogP contribution < -0.4 is 10.1 Å². The van der Waals surface area contributed by atoms with Gasteiger partial charge in [-0.1, -0.05) is 28.9 Å². The van der Waals surface area contributed by atoms with Crippen molar-refractivity contribution in [3.8, 4) is 5.75 Å². The van der Waals surface area contributed by atoms with Gasteiger partial charge in [0.1, 0.15) is 5.75 Å². The molecule has 6 heteroatoms. The van der Waals surface area contributed by atoms with Crippen LogP contribution in [0.25, 0.3) is 0 Å². The van der Waals surface area contributed by atoms with Crippen LogP contribution in [-0.2, 0) is 16.1 Å². The Morgan fingerprint density at radius 1 is 1.16 bits per heavy atom. The van der Waals surface area contributed by atoms with E-state index in [-0.39, 0.29) is 12.5 Å². The molecule has 0 aromatic heterocycles. The first-order valence-electron chi connectivity index (χ1n) is 8.06. The number of nitrogens with zero attached hydrogens (tertiary/aromatic N) is 1. The lowest BCUT2D eigenvalue weighted by atomic mass is 10.1. The van der Waals surface area contributed by atoms with E-state index in [1.807, 2.05) is 55.5 Å². The van der Waals surface area contributed by atoms with Crippen molar-refractivity contribution >= 4 is 23.7 Å². The molecule has 132 valence electrons. The number of hydrogen-bond donors (Lipinski definition) is 1. The SMILES string of the molecule is CCOc1ccc(/C=N\OCC(=O)NCCc2ccc(Cl)cc2)cc1. The van der Waals surface area contributed by atoms with Gasteiger partial charge < -0.3 is 14.9 Å². The van der Waals surface area contributed by atoms with Crippen molar-refractivity contribution < 1.29 is 14.4 Å². The highest BCUT2D eigenvalue weighted by atomic mass is 35.5. The van der Waals surface area contributed by atoms with E-state index in [1.165, 1.54) is 0 Å². The van der Waals surface area contributed by atoms with Crippen molar-refractivity contribution in [1.29, 1.82) is 0 Å². The van der Waals surface area contributed by atoms with Gasteiger partial charge in [0, 0.05) is 11.6 Å². The molecule has 5 nitrogen and oxygen atoms in total. The highest BCUT2D eigenvalue weighted by molar-refractivity contribution is 6.30. The van der Waals surface area contributed by atoms with Gasteiger partial charge in [0.25, 0.3) is 5.91 Å². The minimum atomic E-state index is -0.210. The van der Waals surface area contributed by atoms with Gasteiger partial charge in [-0.25, -0.2) is 0 Å². The zero-order chi connectivity index (χ0) is 17.9. The standard InChI is InChI=1S/C19H21ClN2O3/c1-2-24-18-9-5-16(6-10-18)13-22-25-14-19(23)21-12-11-15-3-7-17(20)8-4-15/h3-10,13H,2,11-12,14H2,1H3,(H,21,23)/b22-13-. The van der Waals surface area contributed by atoms with Gasteiger partial charge in [-0.15, -0.1) is 0 Å². The maximum Gasteiger partial charge on any atom is 0.260 e. The smallest absolute Gasteiger partial charge is 0.260 e. The molecule has 2 aromatic carbocycles. The molecule has 0 aliphatic carbocycles. The Morgan fingerprint density at radius 2 is 1.88 bits per heavy atom. The van der Waals surface area contributed by atoms with Gasteiger partial charge in [-0.2, -0.15) is 0 Å². The third-order valence-electron chi connectivity index (χ3n) is 3.31. The van der Waals surface area contributed by atoms with Gasteiger partial charge >= 0.3 is 0 Å². The summed E-state index contributed by atoms with van der Waals surface area (Å²) in [6.07, 6.45) is 2.29. The molecule has 25 heavy (non-hydrogen) atoms. The number of oxime groups is 1. The average molecular weight is 361 g/mol. The maximum atomic E-state index is 11.7. The lowest BCUT2D eigenvalue weighted by molar-refractivity contribution is -0.125. The lowest BCUT2D eigenvalue weighted by Gasteiger charge is -2.05. The number of amides is 1. The summed E-state index contributed by atoms with van der Waals surface area (Å²) in [6, 6.07) is 15.0. The van der Waals surface area contributed by atoms with Crippen LogP contribution >= 0.6 is 11.6 Å². The molecule has 0 fully saturated rings. The molecule has 0 saturated heterocycles. The van der Waals surface area contributed by atoms with Gasteiger partial charge in [-0.05, 0) is 60.9 Å². The second-order valence-electron chi connectivity index (χ2n) is 5.24. The summed E-state index contributed by atoms with van der Waals surface area (Å²) in [7, 11) is 0. The Kier molecular flexibility index (Phi) is 7.79. The molecule has 0 bridgehead atoms. The number of halogens is 1. The number of ether oxygens (including phenoxy) is 1. The predicted molar refractivity (Wildman–Crippen MR) is 99.3 cm³/mol. The van der Waals surface area contributed by atoms with E-state index < -0.39 is 0 Å². The molecule has 2 aromatic rings. The summed E-state index contributed by atoms with van der Waals surface area (Å²) in [4.78, 5) is 16.7. The maximum absolute atomic E-state index is 11.7. The number of rotatable bonds is 9. The highest BCUT2D eigenvalue weighted by Crippen LogP contribution is 2.11. The third kappa shape index (κ3) is 7.27. The van der Waals surface area contributed by atoms with Crippen LogP contribution in [0.2, 0.25) is 5.02 Å². The van der Waals surface area contributed by atoms with Crippen molar-refractivity contribution in [2.45, 2.75) is 13.3 Å². The second-order valence-corrected chi connectivity index (χ2v) is 5.67. The van der Waals surface area contributed by atoms with Gasteiger partial charge in [-0.3, -0.25) is 4.79 Å². The highest BCUT2D eigenvalue weighted by Gasteiger charge is 2.01. The minimum absolute atomic E-state index is 0.117. The van der Waals surface area contributed by atoms with Crippen molar-refractivity contribution in [3.05, 3.63) is 64.7 Å². The molecule has 0 aliphatic rings. The van der Waals surface area contributed by atoms with Crippen molar-refractivity contribution in [2.75, 3.05) is 19.8 Å². The average Bonchev–Trinajstić information content (AvgIpc) is 2.62. The number of hydrogen-bond acceptors (Lipinski definition) is 4. The van der Waals surface area contributed by atoms with E-state index in [0.29, 0.717) is 18.2 Å². The lowest BCUT2D eigenvalue weighted by Crippen LogP contribution is -2.28. The monoisotopic (exact) mass is 360 g/mol. The predicted octanol–water partition coefficient (Wildman–Crippen LogP) is 3.45. The number of carbonyl (C=O) groups excluding carboxylic acids is 1. The first kappa shape index (κ1) is 18.8. The summed E-state index contributed by atoms with van der Waals surface area (Å²) in [5.41, 5.74) is 1.98. The molecule has 0 heterocycles. The second kappa shape index (κ2) is 10.4. The van der Waals surface area contributed by atoms with E-state index >= 15 is 0 Å². The number of carbonyl (C=O) groups is 1. The first-order chi connectivity index (χ1) is 12.2. The first-order valence-corrected chi connectivity index (χ1v) is 8.44. The van der Waals surface area contributed by atoms with E-state index in [9.17, 15) is 4.79 Å². The number of nitrogens with one attached hydrogen (secondary N) is 1. The summed E-state index contributed by atoms with van der Waals surface area (Å²) >= 11 is 5.83. The molecule has 0 aliphatic heterocycles. The van der Waals surface area contributed by atoms with Gasteiger partial charge in [0.2, 0.25) is 0 Å². The summed E-state index contributed by atoms with van der Waals surface area (Å²) < 4.78 is 5.36. The molecule has 0 spiro atoms. The van der Waals surface area contributed by atoms with E-state index in [1.54, 1.807) is 6.21 Å². The number of benzene rings is 2. The zero-order valence-corrected chi connectivity index (χ0v) is 14.8. The molecule has 1 N–H and O–H groups in total. The Hall–Kier alpha value is -2.53. The fraction of sp³-hybridized carbons (Fsp3) is 0.263. The van der Waals surface area contributed by atoms with Gasteiger partial charge in [0.05, 0.1) is 12.8 Å². The van der Waals surface area contributed by atoms with E-state index in [4.69, 9.17) is 21.2 Å².